The quantitative estimate of drug-likeness (QED) is 0.582. The van der Waals surface area contributed by atoms with Crippen molar-refractivity contribution < 1.29 is 27.9 Å². The molecular formula is C10H16N2O6S. The van der Waals surface area contributed by atoms with Gasteiger partial charge in [-0.25, -0.2) is 8.42 Å². The van der Waals surface area contributed by atoms with E-state index in [0.717, 1.165) is 7.11 Å². The Hall–Kier alpha value is -1.66. The third-order valence-corrected chi connectivity index (χ3v) is 4.16. The molecule has 0 aliphatic heterocycles. The van der Waals surface area contributed by atoms with E-state index in [1.807, 2.05) is 4.72 Å². The fraction of sp³-hybridized carbons (Fsp3) is 0.700. The number of nitriles is 1. The van der Waals surface area contributed by atoms with Crippen LogP contribution in [-0.4, -0.2) is 43.9 Å². The van der Waals surface area contributed by atoms with E-state index in [-0.39, 0.29) is 19.3 Å². The van der Waals surface area contributed by atoms with E-state index in [1.165, 1.54) is 6.92 Å². The lowest BCUT2D eigenvalue weighted by Crippen LogP contribution is -2.44. The second kappa shape index (κ2) is 7.70. The normalized spacial score (nSPS) is 14.2. The number of aliphatic carboxylic acids is 1. The predicted octanol–water partition coefficient (Wildman–Crippen LogP) is -0.386. The number of methoxy groups -OCH3 is 1. The van der Waals surface area contributed by atoms with E-state index in [0.29, 0.717) is 0 Å². The maximum Gasteiger partial charge on any atom is 0.321 e. The van der Waals surface area contributed by atoms with Gasteiger partial charge in [-0.3, -0.25) is 9.59 Å². The highest BCUT2D eigenvalue weighted by molar-refractivity contribution is 7.90. The summed E-state index contributed by atoms with van der Waals surface area (Å²) in [6.45, 7) is 1.50. The highest BCUT2D eigenvalue weighted by atomic mass is 32.2. The first-order valence-electron chi connectivity index (χ1n) is 5.48. The van der Waals surface area contributed by atoms with Crippen molar-refractivity contribution in [3.8, 4) is 6.07 Å². The number of carbonyl (C=O) groups excluding carboxylic acids is 1. The minimum absolute atomic E-state index is 0.0369. The van der Waals surface area contributed by atoms with Crippen LogP contribution in [0.5, 0.6) is 0 Å². The molecule has 0 aromatic carbocycles. The van der Waals surface area contributed by atoms with E-state index in [1.54, 1.807) is 6.07 Å². The highest BCUT2D eigenvalue weighted by Crippen LogP contribution is 2.07. The zero-order valence-electron chi connectivity index (χ0n) is 10.6. The molecule has 2 N–H and O–H groups in total. The van der Waals surface area contributed by atoms with Gasteiger partial charge in [0.2, 0.25) is 10.0 Å². The maximum atomic E-state index is 11.7. The van der Waals surface area contributed by atoms with Crippen molar-refractivity contribution in [3.05, 3.63) is 0 Å². The van der Waals surface area contributed by atoms with Crippen LogP contribution in [-0.2, 0) is 24.3 Å². The first-order chi connectivity index (χ1) is 8.78. The van der Waals surface area contributed by atoms with E-state index < -0.39 is 33.3 Å². The van der Waals surface area contributed by atoms with Gasteiger partial charge < -0.3 is 9.84 Å². The fourth-order valence-electron chi connectivity index (χ4n) is 1.26. The number of carbonyl (C=O) groups is 2. The number of carboxylic acids is 1. The summed E-state index contributed by atoms with van der Waals surface area (Å²) in [5, 5.41) is 16.2. The van der Waals surface area contributed by atoms with Crippen LogP contribution in [0.2, 0.25) is 0 Å². The Morgan fingerprint density at radius 3 is 2.42 bits per heavy atom. The van der Waals surface area contributed by atoms with Gasteiger partial charge in [0.15, 0.2) is 5.25 Å². The van der Waals surface area contributed by atoms with E-state index in [2.05, 4.69) is 4.74 Å². The molecule has 0 spiro atoms. The molecule has 0 aliphatic carbocycles. The van der Waals surface area contributed by atoms with Gasteiger partial charge in [0.25, 0.3) is 0 Å². The van der Waals surface area contributed by atoms with Crippen molar-refractivity contribution in [2.24, 2.45) is 0 Å². The van der Waals surface area contributed by atoms with E-state index in [4.69, 9.17) is 10.4 Å². The lowest BCUT2D eigenvalue weighted by Gasteiger charge is -2.16. The van der Waals surface area contributed by atoms with Gasteiger partial charge in [0.05, 0.1) is 13.2 Å². The molecule has 2 unspecified atom stereocenters. The van der Waals surface area contributed by atoms with Crippen LogP contribution in [0.4, 0.5) is 0 Å². The number of nitrogens with one attached hydrogen (secondary N) is 1. The van der Waals surface area contributed by atoms with Gasteiger partial charge in [-0.05, 0) is 12.8 Å². The topological polar surface area (TPSA) is 134 Å². The van der Waals surface area contributed by atoms with Crippen molar-refractivity contribution in [1.82, 2.24) is 4.72 Å². The number of carboxylic acid groups (broad SMARTS) is 1. The van der Waals surface area contributed by atoms with Crippen LogP contribution in [0.15, 0.2) is 0 Å². The molecule has 19 heavy (non-hydrogen) atoms. The lowest BCUT2D eigenvalue weighted by molar-refractivity contribution is -0.142. The van der Waals surface area contributed by atoms with Gasteiger partial charge in [0.1, 0.15) is 6.04 Å². The predicted molar refractivity (Wildman–Crippen MR) is 64.4 cm³/mol. The number of nitrogens with zero attached hydrogens (tertiary/aromatic N) is 1. The summed E-state index contributed by atoms with van der Waals surface area (Å²) in [4.78, 5) is 21.8. The van der Waals surface area contributed by atoms with Gasteiger partial charge in [-0.1, -0.05) is 6.92 Å². The first kappa shape index (κ1) is 17.3. The second-order valence-electron chi connectivity index (χ2n) is 3.69. The van der Waals surface area contributed by atoms with Gasteiger partial charge in [-0.2, -0.15) is 9.98 Å². The summed E-state index contributed by atoms with van der Waals surface area (Å²) in [7, 11) is -2.92. The summed E-state index contributed by atoms with van der Waals surface area (Å²) in [5.41, 5.74) is 0. The highest BCUT2D eigenvalue weighted by Gasteiger charge is 2.30. The van der Waals surface area contributed by atoms with Crippen molar-refractivity contribution in [1.29, 1.82) is 5.26 Å². The monoisotopic (exact) mass is 292 g/mol. The number of rotatable bonds is 8. The van der Waals surface area contributed by atoms with Crippen molar-refractivity contribution in [2.45, 2.75) is 37.5 Å². The zero-order valence-corrected chi connectivity index (χ0v) is 11.4. The molecule has 0 aromatic rings. The average Bonchev–Trinajstić information content (AvgIpc) is 2.34. The average molecular weight is 292 g/mol. The van der Waals surface area contributed by atoms with Crippen LogP contribution in [0.3, 0.4) is 0 Å². The Morgan fingerprint density at radius 1 is 1.47 bits per heavy atom. The molecule has 8 nitrogen and oxygen atoms in total. The summed E-state index contributed by atoms with van der Waals surface area (Å²) < 4.78 is 29.7. The molecule has 108 valence electrons. The van der Waals surface area contributed by atoms with Crippen molar-refractivity contribution >= 4 is 22.0 Å². The first-order valence-corrected chi connectivity index (χ1v) is 7.03. The van der Waals surface area contributed by atoms with Crippen LogP contribution in [0, 0.1) is 11.3 Å². The smallest absolute Gasteiger partial charge is 0.321 e. The Kier molecular flexibility index (Phi) is 7.03. The number of sulfonamides is 1. The third kappa shape index (κ3) is 5.67. The standard InChI is InChI=1S/C10H16N2O6S/c1-3-7(6-11)19(16,17)12-8(10(14)15)4-5-9(13)18-2/h7-8,12H,3-5H2,1-2H3,(H,14,15). The summed E-state index contributed by atoms with van der Waals surface area (Å²) in [6, 6.07) is 0.111. The molecule has 0 saturated heterocycles. The minimum Gasteiger partial charge on any atom is -0.480 e. The van der Waals surface area contributed by atoms with E-state index in [9.17, 15) is 18.0 Å². The Labute approximate surface area is 111 Å². The molecule has 0 rings (SSSR count). The summed E-state index contributed by atoms with van der Waals surface area (Å²) >= 11 is 0. The van der Waals surface area contributed by atoms with Crippen LogP contribution in [0.25, 0.3) is 0 Å². The largest absolute Gasteiger partial charge is 0.480 e. The number of ether oxygens (including phenoxy) is 1. The van der Waals surface area contributed by atoms with Crippen LogP contribution < -0.4 is 4.72 Å². The SMILES string of the molecule is CCC(C#N)S(=O)(=O)NC(CCC(=O)OC)C(=O)O. The van der Waals surface area contributed by atoms with Crippen molar-refractivity contribution in [2.75, 3.05) is 7.11 Å². The Balaban J connectivity index is 4.81. The number of hydrogen-bond donors (Lipinski definition) is 2. The third-order valence-electron chi connectivity index (χ3n) is 2.36. The minimum atomic E-state index is -4.07. The van der Waals surface area contributed by atoms with Gasteiger partial charge in [-0.15, -0.1) is 0 Å². The lowest BCUT2D eigenvalue weighted by atomic mass is 10.2. The number of hydrogen-bond acceptors (Lipinski definition) is 6. The molecule has 0 radical (unpaired) electrons. The molecule has 0 amide bonds. The van der Waals surface area contributed by atoms with Crippen LogP contribution >= 0.6 is 0 Å². The van der Waals surface area contributed by atoms with Gasteiger partial charge in [0, 0.05) is 6.42 Å². The molecule has 0 saturated carbocycles. The molecule has 0 heterocycles. The zero-order chi connectivity index (χ0) is 15.1. The maximum absolute atomic E-state index is 11.7. The molecule has 0 fully saturated rings. The second-order valence-corrected chi connectivity index (χ2v) is 5.59. The number of esters is 1. The fourth-order valence-corrected chi connectivity index (χ4v) is 2.61. The van der Waals surface area contributed by atoms with Gasteiger partial charge >= 0.3 is 11.9 Å². The Morgan fingerprint density at radius 2 is 2.05 bits per heavy atom. The molecule has 0 aliphatic rings. The molecular weight excluding hydrogens is 276 g/mol. The molecule has 9 heteroatoms. The molecule has 0 bridgehead atoms. The van der Waals surface area contributed by atoms with Crippen molar-refractivity contribution in [3.63, 3.8) is 0 Å². The summed E-state index contributed by atoms with van der Waals surface area (Å²) in [5.74, 6) is -2.06. The van der Waals surface area contributed by atoms with E-state index >= 15 is 0 Å². The molecule has 0 aromatic heterocycles. The summed E-state index contributed by atoms with van der Waals surface area (Å²) in [6.07, 6.45) is -0.447. The Bertz CT molecular complexity index is 467. The molecule has 2 atom stereocenters. The van der Waals surface area contributed by atoms with Crippen LogP contribution in [0.1, 0.15) is 26.2 Å².